The van der Waals surface area contributed by atoms with E-state index in [1.165, 1.54) is 14.2 Å². The number of carbonyl (C=O) groups is 1. The minimum atomic E-state index is -0.507. The van der Waals surface area contributed by atoms with Crippen molar-refractivity contribution < 1.29 is 14.3 Å². The van der Waals surface area contributed by atoms with Crippen molar-refractivity contribution in [3.8, 4) is 17.6 Å². The molecule has 0 heterocycles. The van der Waals surface area contributed by atoms with Gasteiger partial charge in [0.1, 0.15) is 23.1 Å². The zero-order valence-corrected chi connectivity index (χ0v) is 11.4. The van der Waals surface area contributed by atoms with Crippen molar-refractivity contribution in [1.29, 1.82) is 5.26 Å². The smallest absolute Gasteiger partial charge is 0.259 e. The minimum Gasteiger partial charge on any atom is -0.496 e. The van der Waals surface area contributed by atoms with Crippen LogP contribution in [-0.2, 0) is 0 Å². The Hall–Kier alpha value is -2.22. The fourth-order valence-electron chi connectivity index (χ4n) is 1.76. The summed E-state index contributed by atoms with van der Waals surface area (Å²) in [5.41, 5.74) is 0.309. The number of nitrogens with zero attached hydrogens (tertiary/aromatic N) is 1. The predicted octanol–water partition coefficient (Wildman–Crippen LogP) is 2.13. The van der Waals surface area contributed by atoms with Gasteiger partial charge in [-0.3, -0.25) is 4.79 Å². The molecule has 0 radical (unpaired) electrons. The summed E-state index contributed by atoms with van der Waals surface area (Å²) >= 11 is 0. The zero-order chi connectivity index (χ0) is 14.3. The molecule has 0 bridgehead atoms. The molecule has 1 amide bonds. The number of benzene rings is 1. The molecule has 5 nitrogen and oxygen atoms in total. The highest BCUT2D eigenvalue weighted by molar-refractivity contribution is 6.00. The molecule has 0 saturated heterocycles. The number of nitrogens with one attached hydrogen (secondary N) is 1. The van der Waals surface area contributed by atoms with E-state index in [4.69, 9.17) is 14.7 Å². The first kappa shape index (κ1) is 14.8. The first-order valence-electron chi connectivity index (χ1n) is 6.09. The van der Waals surface area contributed by atoms with Crippen molar-refractivity contribution in [2.45, 2.75) is 25.8 Å². The molecule has 0 fully saturated rings. The second-order valence-electron chi connectivity index (χ2n) is 3.98. The van der Waals surface area contributed by atoms with Gasteiger partial charge in [-0.05, 0) is 18.6 Å². The van der Waals surface area contributed by atoms with Crippen LogP contribution in [0.1, 0.15) is 30.1 Å². The number of ether oxygens (including phenoxy) is 2. The summed E-state index contributed by atoms with van der Waals surface area (Å²) in [5, 5.41) is 11.7. The topological polar surface area (TPSA) is 71.4 Å². The Morgan fingerprint density at radius 1 is 1.37 bits per heavy atom. The molecular formula is C14H18N2O3. The molecule has 102 valence electrons. The Bertz CT molecular complexity index is 458. The van der Waals surface area contributed by atoms with Gasteiger partial charge < -0.3 is 14.8 Å². The molecule has 0 aromatic heterocycles. The first-order valence-corrected chi connectivity index (χ1v) is 6.09. The lowest BCUT2D eigenvalue weighted by molar-refractivity contribution is 0.0937. The molecule has 1 unspecified atom stereocenters. The number of amides is 1. The van der Waals surface area contributed by atoms with Gasteiger partial charge in [-0.1, -0.05) is 19.4 Å². The van der Waals surface area contributed by atoms with Crippen molar-refractivity contribution in [2.24, 2.45) is 0 Å². The fourth-order valence-corrected chi connectivity index (χ4v) is 1.76. The summed E-state index contributed by atoms with van der Waals surface area (Å²) in [6.07, 6.45) is 1.43. The van der Waals surface area contributed by atoms with Crippen molar-refractivity contribution in [1.82, 2.24) is 5.32 Å². The van der Waals surface area contributed by atoms with E-state index in [1.54, 1.807) is 18.2 Å². The number of hydrogen-bond donors (Lipinski definition) is 1. The van der Waals surface area contributed by atoms with Crippen LogP contribution in [0.15, 0.2) is 18.2 Å². The second kappa shape index (κ2) is 7.27. The van der Waals surface area contributed by atoms with Crippen molar-refractivity contribution in [3.05, 3.63) is 23.8 Å². The lowest BCUT2D eigenvalue weighted by Crippen LogP contribution is -2.34. The van der Waals surface area contributed by atoms with E-state index in [-0.39, 0.29) is 5.91 Å². The normalized spacial score (nSPS) is 11.3. The Morgan fingerprint density at radius 3 is 2.37 bits per heavy atom. The standard InChI is InChI=1S/C14H18N2O3/c1-4-6-10(9-15)16-14(17)13-11(18-2)7-5-8-12(13)19-3/h5,7-8,10H,4,6H2,1-3H3,(H,16,17). The monoisotopic (exact) mass is 262 g/mol. The van der Waals surface area contributed by atoms with Crippen LogP contribution < -0.4 is 14.8 Å². The minimum absolute atomic E-state index is 0.309. The van der Waals surface area contributed by atoms with Gasteiger partial charge >= 0.3 is 0 Å². The molecule has 0 aliphatic heterocycles. The number of carbonyl (C=O) groups excluding carboxylic acids is 1. The van der Waals surface area contributed by atoms with Crippen molar-refractivity contribution in [2.75, 3.05) is 14.2 Å². The lowest BCUT2D eigenvalue weighted by atomic mass is 10.1. The third kappa shape index (κ3) is 3.62. The highest BCUT2D eigenvalue weighted by Crippen LogP contribution is 2.28. The largest absolute Gasteiger partial charge is 0.496 e. The summed E-state index contributed by atoms with van der Waals surface area (Å²) in [7, 11) is 2.97. The van der Waals surface area contributed by atoms with Crippen LogP contribution in [0.25, 0.3) is 0 Å². The molecule has 1 atom stereocenters. The Labute approximate surface area is 113 Å². The molecule has 0 aliphatic carbocycles. The van der Waals surface area contributed by atoms with Crippen LogP contribution in [0.2, 0.25) is 0 Å². The highest BCUT2D eigenvalue weighted by Gasteiger charge is 2.20. The van der Waals surface area contributed by atoms with Crippen LogP contribution >= 0.6 is 0 Å². The summed E-state index contributed by atoms with van der Waals surface area (Å²) < 4.78 is 10.3. The summed E-state index contributed by atoms with van der Waals surface area (Å²) in [4.78, 5) is 12.2. The van der Waals surface area contributed by atoms with Gasteiger partial charge in [-0.2, -0.15) is 5.26 Å². The second-order valence-corrected chi connectivity index (χ2v) is 3.98. The van der Waals surface area contributed by atoms with Crippen LogP contribution in [0.3, 0.4) is 0 Å². The maximum atomic E-state index is 12.2. The lowest BCUT2D eigenvalue weighted by Gasteiger charge is -2.15. The Balaban J connectivity index is 3.01. The number of nitriles is 1. The van der Waals surface area contributed by atoms with E-state index in [0.29, 0.717) is 23.5 Å². The third-order valence-corrected chi connectivity index (χ3v) is 2.69. The SMILES string of the molecule is CCCC(C#N)NC(=O)c1c(OC)cccc1OC. The van der Waals surface area contributed by atoms with Crippen molar-refractivity contribution >= 4 is 5.91 Å². The van der Waals surface area contributed by atoms with Gasteiger partial charge in [0.25, 0.3) is 5.91 Å². The van der Waals surface area contributed by atoms with Gasteiger partial charge in [0.15, 0.2) is 0 Å². The quantitative estimate of drug-likeness (QED) is 0.852. The summed E-state index contributed by atoms with van der Waals surface area (Å²) in [6.45, 7) is 1.96. The maximum Gasteiger partial charge on any atom is 0.259 e. The van der Waals surface area contributed by atoms with Crippen LogP contribution in [0, 0.1) is 11.3 Å². The number of rotatable bonds is 6. The van der Waals surface area contributed by atoms with Gasteiger partial charge in [0.05, 0.1) is 20.3 Å². The summed E-state index contributed by atoms with van der Waals surface area (Å²) in [6, 6.07) is 6.65. The Morgan fingerprint density at radius 2 is 1.95 bits per heavy atom. The predicted molar refractivity (Wildman–Crippen MR) is 71.3 cm³/mol. The Kier molecular flexibility index (Phi) is 5.68. The van der Waals surface area contributed by atoms with Gasteiger partial charge in [-0.25, -0.2) is 0 Å². The summed E-state index contributed by atoms with van der Waals surface area (Å²) in [5.74, 6) is 0.476. The van der Waals surface area contributed by atoms with Gasteiger partial charge in [0.2, 0.25) is 0 Å². The van der Waals surface area contributed by atoms with Crippen LogP contribution in [0.4, 0.5) is 0 Å². The molecule has 1 aromatic rings. The average Bonchev–Trinajstić information content (AvgIpc) is 2.45. The first-order chi connectivity index (χ1) is 9.17. The molecule has 0 aliphatic rings. The van der Waals surface area contributed by atoms with Gasteiger partial charge in [0, 0.05) is 0 Å². The molecule has 1 rings (SSSR count). The third-order valence-electron chi connectivity index (χ3n) is 2.69. The molecule has 19 heavy (non-hydrogen) atoms. The van der Waals surface area contributed by atoms with Crippen molar-refractivity contribution in [3.63, 3.8) is 0 Å². The van der Waals surface area contributed by atoms with E-state index >= 15 is 0 Å². The molecule has 0 saturated carbocycles. The van der Waals surface area contributed by atoms with E-state index in [0.717, 1.165) is 6.42 Å². The zero-order valence-electron chi connectivity index (χ0n) is 11.4. The molecule has 1 aromatic carbocycles. The van der Waals surface area contributed by atoms with E-state index in [1.807, 2.05) is 6.92 Å². The van der Waals surface area contributed by atoms with Gasteiger partial charge in [-0.15, -0.1) is 0 Å². The molecule has 5 heteroatoms. The van der Waals surface area contributed by atoms with E-state index in [2.05, 4.69) is 11.4 Å². The van der Waals surface area contributed by atoms with Crippen LogP contribution in [0.5, 0.6) is 11.5 Å². The molecule has 1 N–H and O–H groups in total. The maximum absolute atomic E-state index is 12.2. The van der Waals surface area contributed by atoms with E-state index < -0.39 is 6.04 Å². The molecular weight excluding hydrogens is 244 g/mol. The van der Waals surface area contributed by atoms with E-state index in [9.17, 15) is 4.79 Å². The highest BCUT2D eigenvalue weighted by atomic mass is 16.5. The average molecular weight is 262 g/mol. The molecule has 0 spiro atoms. The number of methoxy groups -OCH3 is 2. The fraction of sp³-hybridized carbons (Fsp3) is 0.429. The van der Waals surface area contributed by atoms with Crippen LogP contribution in [-0.4, -0.2) is 26.2 Å². The number of hydrogen-bond acceptors (Lipinski definition) is 4.